The van der Waals surface area contributed by atoms with Gasteiger partial charge in [-0.1, -0.05) is 35.9 Å². The van der Waals surface area contributed by atoms with Crippen LogP contribution in [0.3, 0.4) is 0 Å². The lowest BCUT2D eigenvalue weighted by Crippen LogP contribution is -2.26. The minimum atomic E-state index is -4.08. The van der Waals surface area contributed by atoms with Gasteiger partial charge in [0.2, 0.25) is 11.6 Å². The fourth-order valence-corrected chi connectivity index (χ4v) is 6.07. The first-order valence-corrected chi connectivity index (χ1v) is 12.1. The molecular formula is C26H19N3O4S. The van der Waals surface area contributed by atoms with Gasteiger partial charge in [-0.25, -0.2) is 12.4 Å². The molecule has 168 valence electrons. The van der Waals surface area contributed by atoms with Crippen molar-refractivity contribution in [2.75, 3.05) is 0 Å². The van der Waals surface area contributed by atoms with E-state index >= 15 is 0 Å². The third-order valence-corrected chi connectivity index (χ3v) is 8.08. The molecule has 0 spiro atoms. The highest BCUT2D eigenvalue weighted by Gasteiger charge is 2.40. The number of rotatable bonds is 3. The van der Waals surface area contributed by atoms with Crippen molar-refractivity contribution < 1.29 is 18.0 Å². The average Bonchev–Trinajstić information content (AvgIpc) is 3.53. The van der Waals surface area contributed by atoms with Crippen LogP contribution in [0, 0.1) is 6.92 Å². The molecule has 1 N–H and O–H groups in total. The number of hydrogen-bond acceptors (Lipinski definition) is 4. The molecule has 6 rings (SSSR count). The highest BCUT2D eigenvalue weighted by Crippen LogP contribution is 2.39. The Morgan fingerprint density at radius 2 is 1.56 bits per heavy atom. The molecule has 1 aliphatic carbocycles. The summed E-state index contributed by atoms with van der Waals surface area (Å²) >= 11 is 0. The Morgan fingerprint density at radius 3 is 2.32 bits per heavy atom. The first-order valence-electron chi connectivity index (χ1n) is 10.7. The molecule has 34 heavy (non-hydrogen) atoms. The maximum atomic E-state index is 13.9. The van der Waals surface area contributed by atoms with E-state index < -0.39 is 15.8 Å². The van der Waals surface area contributed by atoms with E-state index in [1.807, 2.05) is 31.2 Å². The zero-order chi connectivity index (χ0) is 23.8. The number of aromatic nitrogens is 3. The molecule has 5 aromatic rings. The van der Waals surface area contributed by atoms with Crippen LogP contribution in [-0.4, -0.2) is 33.5 Å². The van der Waals surface area contributed by atoms with Crippen LogP contribution in [0.5, 0.6) is 0 Å². The van der Waals surface area contributed by atoms with Crippen LogP contribution in [0.1, 0.15) is 37.7 Å². The maximum absolute atomic E-state index is 13.9. The Balaban J connectivity index is 1.58. The van der Waals surface area contributed by atoms with Gasteiger partial charge in [-0.05, 0) is 31.2 Å². The van der Waals surface area contributed by atoms with Gasteiger partial charge in [0.25, 0.3) is 10.0 Å². The summed E-state index contributed by atoms with van der Waals surface area (Å²) in [5.41, 5.74) is 3.58. The minimum absolute atomic E-state index is 0.0486. The van der Waals surface area contributed by atoms with Crippen molar-refractivity contribution in [1.29, 1.82) is 0 Å². The van der Waals surface area contributed by atoms with E-state index in [0.29, 0.717) is 5.56 Å². The van der Waals surface area contributed by atoms with Gasteiger partial charge in [0.05, 0.1) is 16.0 Å². The highest BCUT2D eigenvalue weighted by molar-refractivity contribution is 7.90. The molecule has 0 saturated carbocycles. The molecule has 8 heteroatoms. The number of hydrogen-bond donors (Lipinski definition) is 1. The molecule has 0 saturated heterocycles. The van der Waals surface area contributed by atoms with Crippen LogP contribution in [0.25, 0.3) is 22.0 Å². The van der Waals surface area contributed by atoms with Crippen molar-refractivity contribution in [3.63, 3.8) is 0 Å². The van der Waals surface area contributed by atoms with Crippen LogP contribution in [0.4, 0.5) is 0 Å². The lowest BCUT2D eigenvalue weighted by atomic mass is 9.89. The lowest BCUT2D eigenvalue weighted by Gasteiger charge is -2.17. The molecule has 3 aromatic heterocycles. The van der Waals surface area contributed by atoms with Gasteiger partial charge in [0.1, 0.15) is 11.4 Å². The van der Waals surface area contributed by atoms with Crippen molar-refractivity contribution in [2.24, 2.45) is 7.05 Å². The van der Waals surface area contributed by atoms with Gasteiger partial charge >= 0.3 is 0 Å². The van der Waals surface area contributed by atoms with Gasteiger partial charge in [-0.3, -0.25) is 9.59 Å². The van der Waals surface area contributed by atoms with Gasteiger partial charge < -0.3 is 9.55 Å². The standard InChI is InChI=1S/C26H19N3O4S/c1-15-7-9-16(10-8-15)34(32,33)29-12-11-18-23(29)26(31)22-20(14-28(2)24(22)25(18)30)19-13-27-21-6-4-3-5-17(19)21/h3-14,27H,1-2H3. The summed E-state index contributed by atoms with van der Waals surface area (Å²) in [6.45, 7) is 1.86. The molecule has 2 aromatic carbocycles. The Kier molecular flexibility index (Phi) is 4.16. The molecule has 0 atom stereocenters. The second-order valence-corrected chi connectivity index (χ2v) is 10.3. The van der Waals surface area contributed by atoms with Crippen molar-refractivity contribution >= 4 is 32.5 Å². The zero-order valence-electron chi connectivity index (χ0n) is 18.4. The number of ketones is 2. The van der Waals surface area contributed by atoms with Gasteiger partial charge in [0.15, 0.2) is 0 Å². The van der Waals surface area contributed by atoms with Crippen LogP contribution < -0.4 is 0 Å². The van der Waals surface area contributed by atoms with Crippen molar-refractivity contribution in [3.05, 3.63) is 101 Å². The average molecular weight is 470 g/mol. The predicted molar refractivity (Wildman–Crippen MR) is 128 cm³/mol. The molecule has 7 nitrogen and oxygen atoms in total. The number of carbonyl (C=O) groups is 2. The van der Waals surface area contributed by atoms with E-state index in [2.05, 4.69) is 4.98 Å². The van der Waals surface area contributed by atoms with E-state index in [1.165, 1.54) is 24.4 Å². The van der Waals surface area contributed by atoms with Crippen molar-refractivity contribution in [1.82, 2.24) is 13.5 Å². The smallest absolute Gasteiger partial charge is 0.268 e. The predicted octanol–water partition coefficient (Wildman–Crippen LogP) is 4.30. The second kappa shape index (κ2) is 6.91. The lowest BCUT2D eigenvalue weighted by molar-refractivity contribution is 0.0971. The van der Waals surface area contributed by atoms with E-state index in [0.717, 1.165) is 26.0 Å². The molecule has 3 heterocycles. The molecule has 0 fully saturated rings. The molecule has 0 aliphatic heterocycles. The number of aryl methyl sites for hydroxylation is 2. The Morgan fingerprint density at radius 1 is 0.824 bits per heavy atom. The number of para-hydroxylation sites is 1. The van der Waals surface area contributed by atoms with Crippen LogP contribution in [-0.2, 0) is 17.1 Å². The monoisotopic (exact) mass is 469 g/mol. The van der Waals surface area contributed by atoms with Crippen LogP contribution in [0.2, 0.25) is 0 Å². The third-order valence-electron chi connectivity index (χ3n) is 6.39. The Hall–Kier alpha value is -4.17. The van der Waals surface area contributed by atoms with Gasteiger partial charge in [-0.15, -0.1) is 0 Å². The van der Waals surface area contributed by atoms with E-state index in [4.69, 9.17) is 0 Å². The van der Waals surface area contributed by atoms with Crippen molar-refractivity contribution in [2.45, 2.75) is 11.8 Å². The second-order valence-electron chi connectivity index (χ2n) is 8.48. The number of fused-ring (bicyclic) bond motifs is 3. The molecule has 0 amide bonds. The van der Waals surface area contributed by atoms with Crippen molar-refractivity contribution in [3.8, 4) is 11.1 Å². The highest BCUT2D eigenvalue weighted by atomic mass is 32.2. The number of carbonyl (C=O) groups excluding carboxylic acids is 2. The Labute approximate surface area is 195 Å². The largest absolute Gasteiger partial charge is 0.361 e. The Bertz CT molecular complexity index is 1770. The van der Waals surface area contributed by atoms with E-state index in [9.17, 15) is 18.0 Å². The number of H-pyrrole nitrogens is 1. The van der Waals surface area contributed by atoms with E-state index in [-0.39, 0.29) is 33.2 Å². The molecule has 0 radical (unpaired) electrons. The number of nitrogens with zero attached hydrogens (tertiary/aromatic N) is 2. The molecular weight excluding hydrogens is 450 g/mol. The third kappa shape index (κ3) is 2.66. The summed E-state index contributed by atoms with van der Waals surface area (Å²) in [7, 11) is -2.36. The normalized spacial score (nSPS) is 13.4. The quantitative estimate of drug-likeness (QED) is 0.418. The maximum Gasteiger partial charge on any atom is 0.268 e. The molecule has 0 unspecified atom stereocenters. The first kappa shape index (κ1) is 20.4. The molecule has 0 bridgehead atoms. The number of aromatic amines is 1. The van der Waals surface area contributed by atoms with Crippen LogP contribution in [0.15, 0.2) is 78.1 Å². The fraction of sp³-hybridized carbons (Fsp3) is 0.0769. The first-order chi connectivity index (χ1) is 16.3. The summed E-state index contributed by atoms with van der Waals surface area (Å²) in [6.07, 6.45) is 4.84. The number of nitrogens with one attached hydrogen (secondary N) is 1. The fourth-order valence-electron chi connectivity index (χ4n) is 4.72. The van der Waals surface area contributed by atoms with Gasteiger partial charge in [0, 0.05) is 47.7 Å². The number of benzene rings is 2. The molecule has 1 aliphatic rings. The summed E-state index contributed by atoms with van der Waals surface area (Å²) in [6, 6.07) is 15.5. The summed E-state index contributed by atoms with van der Waals surface area (Å²) < 4.78 is 29.4. The topological polar surface area (TPSA) is 93.9 Å². The minimum Gasteiger partial charge on any atom is -0.361 e. The summed E-state index contributed by atoms with van der Waals surface area (Å²) in [5, 5.41) is 0.907. The summed E-state index contributed by atoms with van der Waals surface area (Å²) in [5.74, 6) is -0.873. The van der Waals surface area contributed by atoms with Gasteiger partial charge in [-0.2, -0.15) is 0 Å². The summed E-state index contributed by atoms with van der Waals surface area (Å²) in [4.78, 5) is 30.6. The zero-order valence-corrected chi connectivity index (χ0v) is 19.2. The SMILES string of the molecule is Cc1ccc(S(=O)(=O)n2ccc3c2C(=O)c2c(-c4c[nH]c5ccccc45)cn(C)c2C3=O)cc1. The van der Waals surface area contributed by atoms with E-state index in [1.54, 1.807) is 36.1 Å². The van der Waals surface area contributed by atoms with Crippen LogP contribution >= 0.6 is 0 Å².